The van der Waals surface area contributed by atoms with Gasteiger partial charge in [0.2, 0.25) is 11.8 Å². The normalized spacial score (nSPS) is 14.5. The van der Waals surface area contributed by atoms with Crippen molar-refractivity contribution in [3.8, 4) is 17.2 Å². The minimum Gasteiger partial charge on any atom is -0.493 e. The highest BCUT2D eigenvalue weighted by molar-refractivity contribution is 6.16. The Kier molecular flexibility index (Phi) is 7.57. The lowest BCUT2D eigenvalue weighted by molar-refractivity contribution is -0.131. The summed E-state index contributed by atoms with van der Waals surface area (Å²) in [5, 5.41) is 7.10. The molecule has 0 radical (unpaired) electrons. The number of anilines is 2. The van der Waals surface area contributed by atoms with E-state index in [9.17, 15) is 14.0 Å². The summed E-state index contributed by atoms with van der Waals surface area (Å²) in [5.74, 6) is 0.505. The molecule has 7 nitrogen and oxygen atoms in total. The van der Waals surface area contributed by atoms with E-state index < -0.39 is 17.1 Å². The van der Waals surface area contributed by atoms with Crippen LogP contribution in [0.3, 0.4) is 0 Å². The second-order valence-electron chi connectivity index (χ2n) is 8.50. The molecule has 1 fully saturated rings. The Morgan fingerprint density at radius 1 is 0.865 bits per heavy atom. The fourth-order valence-electron chi connectivity index (χ4n) is 3.75. The van der Waals surface area contributed by atoms with Gasteiger partial charge in [0, 0.05) is 16.6 Å². The Morgan fingerprint density at radius 2 is 1.38 bits per heavy atom. The van der Waals surface area contributed by atoms with E-state index in [1.165, 1.54) is 24.3 Å². The number of ether oxygens (including phenoxy) is 3. The van der Waals surface area contributed by atoms with Crippen molar-refractivity contribution in [3.05, 3.63) is 89.6 Å². The van der Waals surface area contributed by atoms with Crippen LogP contribution in [0.1, 0.15) is 12.8 Å². The lowest BCUT2D eigenvalue weighted by atomic mass is 10.0. The molecule has 0 unspecified atom stereocenters. The lowest BCUT2D eigenvalue weighted by Gasteiger charge is -2.15. The molecule has 0 spiro atoms. The van der Waals surface area contributed by atoms with Crippen LogP contribution in [0.15, 0.2) is 73.3 Å². The largest absolute Gasteiger partial charge is 0.493 e. The molecule has 3 aromatic carbocycles. The third-order valence-corrected chi connectivity index (χ3v) is 6.04. The maximum Gasteiger partial charge on any atom is 0.240 e. The van der Waals surface area contributed by atoms with E-state index in [0.29, 0.717) is 41.5 Å². The summed E-state index contributed by atoms with van der Waals surface area (Å²) in [4.78, 5) is 25.6. The maximum atomic E-state index is 13.1. The fraction of sp³-hybridized carbons (Fsp3) is 0.172. The molecule has 8 heteroatoms. The zero-order chi connectivity index (χ0) is 26.4. The molecule has 0 atom stereocenters. The van der Waals surface area contributed by atoms with Crippen molar-refractivity contribution in [2.45, 2.75) is 12.8 Å². The van der Waals surface area contributed by atoms with Crippen molar-refractivity contribution in [1.82, 2.24) is 0 Å². The van der Waals surface area contributed by atoms with Gasteiger partial charge in [0.15, 0.2) is 11.5 Å². The molecule has 3 aromatic rings. The molecule has 190 valence electrons. The van der Waals surface area contributed by atoms with Gasteiger partial charge < -0.3 is 24.8 Å². The highest BCUT2D eigenvalue weighted by Gasteiger charge is 2.56. The van der Waals surface area contributed by atoms with Gasteiger partial charge in [0.25, 0.3) is 0 Å². The first kappa shape index (κ1) is 25.5. The lowest BCUT2D eigenvalue weighted by Crippen LogP contribution is -2.35. The van der Waals surface area contributed by atoms with E-state index in [-0.39, 0.29) is 5.91 Å². The van der Waals surface area contributed by atoms with Crippen molar-refractivity contribution >= 4 is 35.5 Å². The van der Waals surface area contributed by atoms with E-state index in [1.54, 1.807) is 56.9 Å². The third-order valence-electron chi connectivity index (χ3n) is 6.04. The summed E-state index contributed by atoms with van der Waals surface area (Å²) in [6, 6.07) is 15.8. The Morgan fingerprint density at radius 3 is 1.86 bits per heavy atom. The van der Waals surface area contributed by atoms with Crippen LogP contribution in [-0.4, -0.2) is 26.0 Å². The van der Waals surface area contributed by atoms with Crippen molar-refractivity contribution in [1.29, 1.82) is 0 Å². The Labute approximate surface area is 213 Å². The zero-order valence-electron chi connectivity index (χ0n) is 20.5. The fourth-order valence-corrected chi connectivity index (χ4v) is 3.75. The second kappa shape index (κ2) is 11.0. The van der Waals surface area contributed by atoms with Gasteiger partial charge in [0.1, 0.15) is 17.0 Å². The van der Waals surface area contributed by atoms with Gasteiger partial charge in [-0.15, -0.1) is 0 Å². The molecule has 0 aliphatic heterocycles. The average Bonchev–Trinajstić information content (AvgIpc) is 3.72. The van der Waals surface area contributed by atoms with Gasteiger partial charge in [-0.25, -0.2) is 4.39 Å². The molecule has 2 N–H and O–H groups in total. The number of methoxy groups -OCH3 is 2. The molecule has 2 amide bonds. The minimum atomic E-state index is -1.14. The number of rotatable bonds is 9. The van der Waals surface area contributed by atoms with Crippen LogP contribution in [-0.2, 0) is 9.59 Å². The highest BCUT2D eigenvalue weighted by Crippen LogP contribution is 2.47. The molecule has 37 heavy (non-hydrogen) atoms. The molecule has 0 saturated heterocycles. The maximum absolute atomic E-state index is 13.1. The number of nitrogens with one attached hydrogen (secondary N) is 2. The SMILES string of the molecule is C=C/C=c1/cc(OC)c(OC)c/c1=C\Oc1ccc(NC(=O)C2(C(=O)Nc3ccc(F)cc3)CC2)cc1. The molecule has 0 aromatic heterocycles. The number of hydrogen-bond donors (Lipinski definition) is 2. The summed E-state index contributed by atoms with van der Waals surface area (Å²) in [6.07, 6.45) is 5.97. The van der Waals surface area contributed by atoms with Crippen molar-refractivity contribution in [3.63, 3.8) is 0 Å². The second-order valence-corrected chi connectivity index (χ2v) is 8.50. The summed E-state index contributed by atoms with van der Waals surface area (Å²) in [6.45, 7) is 3.75. The molecular formula is C29H27FN2O5. The average molecular weight is 503 g/mol. The quantitative estimate of drug-likeness (QED) is 0.433. The number of benzene rings is 3. The topological polar surface area (TPSA) is 85.9 Å². The van der Waals surface area contributed by atoms with Crippen LogP contribution in [0, 0.1) is 11.2 Å². The van der Waals surface area contributed by atoms with E-state index in [1.807, 2.05) is 12.1 Å². The first-order valence-electron chi connectivity index (χ1n) is 11.6. The van der Waals surface area contributed by atoms with Gasteiger partial charge in [-0.2, -0.15) is 0 Å². The van der Waals surface area contributed by atoms with Gasteiger partial charge in [-0.3, -0.25) is 9.59 Å². The predicted molar refractivity (Wildman–Crippen MR) is 140 cm³/mol. The van der Waals surface area contributed by atoms with Crippen LogP contribution in [0.4, 0.5) is 15.8 Å². The zero-order valence-corrected chi connectivity index (χ0v) is 20.5. The van der Waals surface area contributed by atoms with E-state index in [0.717, 1.165) is 10.4 Å². The number of carbonyl (C=O) groups excluding carboxylic acids is 2. The molecule has 0 bridgehead atoms. The standard InChI is InChI=1S/C29H27FN2O5/c1-4-5-19-16-25(35-2)26(36-3)17-20(19)18-37-24-12-10-23(11-13-24)32-28(34)29(14-15-29)27(33)31-22-8-6-21(30)7-9-22/h4-13,16-18H,1,14-15H2,2-3H3,(H,31,33)(H,32,34)/b19-5-,20-18+. The molecule has 1 aliphatic carbocycles. The first-order valence-corrected chi connectivity index (χ1v) is 11.6. The van der Waals surface area contributed by atoms with Gasteiger partial charge in [-0.05, 0) is 78.7 Å². The van der Waals surface area contributed by atoms with Gasteiger partial charge in [0.05, 0.1) is 20.5 Å². The number of halogens is 1. The molecule has 1 saturated carbocycles. The van der Waals surface area contributed by atoms with Crippen molar-refractivity contribution in [2.75, 3.05) is 24.9 Å². The van der Waals surface area contributed by atoms with Crippen molar-refractivity contribution < 1.29 is 28.2 Å². The number of carbonyl (C=O) groups is 2. The van der Waals surface area contributed by atoms with E-state index >= 15 is 0 Å². The van der Waals surface area contributed by atoms with Crippen LogP contribution in [0.25, 0.3) is 12.3 Å². The van der Waals surface area contributed by atoms with Crippen LogP contribution in [0.5, 0.6) is 17.2 Å². The number of allylic oxidation sites excluding steroid dienone is 1. The molecular weight excluding hydrogens is 475 g/mol. The Bertz CT molecular complexity index is 1430. The minimum absolute atomic E-state index is 0.387. The molecule has 4 rings (SSSR count). The molecule has 0 heterocycles. The molecule has 1 aliphatic rings. The van der Waals surface area contributed by atoms with Gasteiger partial charge in [-0.1, -0.05) is 18.7 Å². The van der Waals surface area contributed by atoms with E-state index in [2.05, 4.69) is 17.2 Å². The number of amides is 2. The highest BCUT2D eigenvalue weighted by atomic mass is 19.1. The summed E-state index contributed by atoms with van der Waals surface area (Å²) in [5.41, 5.74) is -0.167. The smallest absolute Gasteiger partial charge is 0.240 e. The summed E-state index contributed by atoms with van der Waals surface area (Å²) < 4.78 is 29.7. The Hall–Kier alpha value is -4.59. The van der Waals surface area contributed by atoms with E-state index in [4.69, 9.17) is 14.2 Å². The Balaban J connectivity index is 1.44. The third kappa shape index (κ3) is 5.81. The predicted octanol–water partition coefficient (Wildman–Crippen LogP) is 3.98. The summed E-state index contributed by atoms with van der Waals surface area (Å²) in [7, 11) is 3.13. The van der Waals surface area contributed by atoms with Crippen molar-refractivity contribution in [2.24, 2.45) is 5.41 Å². The first-order chi connectivity index (χ1) is 17.9. The van der Waals surface area contributed by atoms with Gasteiger partial charge >= 0.3 is 0 Å². The van der Waals surface area contributed by atoms with Crippen LogP contribution in [0.2, 0.25) is 0 Å². The van der Waals surface area contributed by atoms with Crippen LogP contribution < -0.4 is 35.3 Å². The summed E-state index contributed by atoms with van der Waals surface area (Å²) >= 11 is 0. The number of hydrogen-bond acceptors (Lipinski definition) is 5. The van der Waals surface area contributed by atoms with Crippen LogP contribution >= 0.6 is 0 Å². The monoisotopic (exact) mass is 502 g/mol.